The summed E-state index contributed by atoms with van der Waals surface area (Å²) in [6.45, 7) is 10.3. The summed E-state index contributed by atoms with van der Waals surface area (Å²) in [5.74, 6) is 0.569. The highest BCUT2D eigenvalue weighted by molar-refractivity contribution is 5.92. The number of hydrogen-bond acceptors (Lipinski definition) is 4. The first-order chi connectivity index (χ1) is 12.9. The fraction of sp³-hybridized carbons (Fsp3) is 0.409. The number of nitrogens with one attached hydrogen (secondary N) is 1. The van der Waals surface area contributed by atoms with Crippen molar-refractivity contribution in [3.8, 4) is 5.75 Å². The van der Waals surface area contributed by atoms with Gasteiger partial charge in [0.1, 0.15) is 5.75 Å². The lowest BCUT2D eigenvalue weighted by Crippen LogP contribution is -2.44. The van der Waals surface area contributed by atoms with Gasteiger partial charge in [-0.1, -0.05) is 6.07 Å². The van der Waals surface area contributed by atoms with Gasteiger partial charge in [0.2, 0.25) is 0 Å². The van der Waals surface area contributed by atoms with Crippen molar-refractivity contribution >= 4 is 17.3 Å². The van der Waals surface area contributed by atoms with E-state index in [0.717, 1.165) is 48.7 Å². The summed E-state index contributed by atoms with van der Waals surface area (Å²) in [7, 11) is 2.15. The number of nitrogens with zero attached hydrogens (tertiary/aromatic N) is 2. The standard InChI is InChI=1S/C22H29N3O2/c1-16-5-7-20(14-17(16)2)27-15-22(26)23-21-8-6-19(13-18(21)3)25-11-9-24(4)10-12-25/h5-8,13-14H,9-12,15H2,1-4H3,(H,23,26). The van der Waals surface area contributed by atoms with Gasteiger partial charge in [-0.3, -0.25) is 4.79 Å². The molecule has 2 aromatic rings. The van der Waals surface area contributed by atoms with Gasteiger partial charge in [-0.2, -0.15) is 0 Å². The SMILES string of the molecule is Cc1ccc(OCC(=O)Nc2ccc(N3CCN(C)CC3)cc2C)cc1C. The van der Waals surface area contributed by atoms with Crippen molar-refractivity contribution in [1.82, 2.24) is 4.90 Å². The molecule has 1 fully saturated rings. The molecule has 2 aromatic carbocycles. The Kier molecular flexibility index (Phi) is 6.01. The third-order valence-corrected chi connectivity index (χ3v) is 5.20. The van der Waals surface area contributed by atoms with Crippen LogP contribution in [0.5, 0.6) is 5.75 Å². The maximum atomic E-state index is 12.3. The van der Waals surface area contributed by atoms with E-state index in [-0.39, 0.29) is 12.5 Å². The first kappa shape index (κ1) is 19.2. The normalized spacial score (nSPS) is 14.9. The number of rotatable bonds is 5. The van der Waals surface area contributed by atoms with Crippen LogP contribution in [0, 0.1) is 20.8 Å². The van der Waals surface area contributed by atoms with Gasteiger partial charge in [0.25, 0.3) is 5.91 Å². The van der Waals surface area contributed by atoms with Crippen molar-refractivity contribution < 1.29 is 9.53 Å². The molecule has 144 valence electrons. The second-order valence-corrected chi connectivity index (χ2v) is 7.37. The highest BCUT2D eigenvalue weighted by Gasteiger charge is 2.15. The molecule has 27 heavy (non-hydrogen) atoms. The Morgan fingerprint density at radius 2 is 1.70 bits per heavy atom. The number of benzene rings is 2. The third kappa shape index (κ3) is 5.01. The Hall–Kier alpha value is -2.53. The minimum atomic E-state index is -0.149. The van der Waals surface area contributed by atoms with Gasteiger partial charge in [0.05, 0.1) is 0 Å². The summed E-state index contributed by atoms with van der Waals surface area (Å²) in [6, 6.07) is 12.1. The van der Waals surface area contributed by atoms with E-state index >= 15 is 0 Å². The van der Waals surface area contributed by atoms with Gasteiger partial charge in [0.15, 0.2) is 6.61 Å². The number of hydrogen-bond donors (Lipinski definition) is 1. The molecule has 1 amide bonds. The van der Waals surface area contributed by atoms with Crippen molar-refractivity contribution in [2.45, 2.75) is 20.8 Å². The molecule has 1 aliphatic rings. The lowest BCUT2D eigenvalue weighted by molar-refractivity contribution is -0.118. The number of carbonyl (C=O) groups is 1. The largest absolute Gasteiger partial charge is 0.484 e. The van der Waals surface area contributed by atoms with E-state index in [4.69, 9.17) is 4.74 Å². The van der Waals surface area contributed by atoms with E-state index in [0.29, 0.717) is 0 Å². The smallest absolute Gasteiger partial charge is 0.262 e. The number of anilines is 2. The quantitative estimate of drug-likeness (QED) is 0.880. The molecule has 0 saturated carbocycles. The second kappa shape index (κ2) is 8.44. The molecule has 1 N–H and O–H groups in total. The second-order valence-electron chi connectivity index (χ2n) is 7.37. The Bertz CT molecular complexity index is 811. The van der Waals surface area contributed by atoms with E-state index in [1.54, 1.807) is 0 Å². The van der Waals surface area contributed by atoms with Crippen molar-refractivity contribution in [3.63, 3.8) is 0 Å². The summed E-state index contributed by atoms with van der Waals surface area (Å²) < 4.78 is 5.62. The molecule has 5 heteroatoms. The van der Waals surface area contributed by atoms with Crippen molar-refractivity contribution in [2.75, 3.05) is 50.1 Å². The lowest BCUT2D eigenvalue weighted by atomic mass is 10.1. The molecule has 1 saturated heterocycles. The minimum absolute atomic E-state index is 0.00214. The lowest BCUT2D eigenvalue weighted by Gasteiger charge is -2.34. The maximum absolute atomic E-state index is 12.3. The summed E-state index contributed by atoms with van der Waals surface area (Å²) >= 11 is 0. The van der Waals surface area contributed by atoms with Crippen LogP contribution >= 0.6 is 0 Å². The zero-order chi connectivity index (χ0) is 19.4. The van der Waals surface area contributed by atoms with E-state index in [1.807, 2.05) is 38.1 Å². The number of aryl methyl sites for hydroxylation is 3. The number of piperazine rings is 1. The fourth-order valence-electron chi connectivity index (χ4n) is 3.19. The van der Waals surface area contributed by atoms with Gasteiger partial charge >= 0.3 is 0 Å². The van der Waals surface area contributed by atoms with Gasteiger partial charge in [-0.25, -0.2) is 0 Å². The predicted molar refractivity (Wildman–Crippen MR) is 111 cm³/mol. The molecule has 0 spiro atoms. The van der Waals surface area contributed by atoms with Crippen LogP contribution in [0.15, 0.2) is 36.4 Å². The van der Waals surface area contributed by atoms with E-state index in [9.17, 15) is 4.79 Å². The van der Waals surface area contributed by atoms with E-state index in [2.05, 4.69) is 41.2 Å². The molecule has 0 unspecified atom stereocenters. The van der Waals surface area contributed by atoms with Crippen molar-refractivity contribution in [3.05, 3.63) is 53.1 Å². The molecule has 3 rings (SSSR count). The summed E-state index contributed by atoms with van der Waals surface area (Å²) in [4.78, 5) is 17.0. The summed E-state index contributed by atoms with van der Waals surface area (Å²) in [6.07, 6.45) is 0. The van der Waals surface area contributed by atoms with E-state index in [1.165, 1.54) is 11.3 Å². The molecule has 0 bridgehead atoms. The molecule has 0 aliphatic carbocycles. The van der Waals surface area contributed by atoms with Crippen LogP contribution in [-0.4, -0.2) is 50.6 Å². The van der Waals surface area contributed by atoms with Gasteiger partial charge in [-0.15, -0.1) is 0 Å². The molecule has 0 aromatic heterocycles. The highest BCUT2D eigenvalue weighted by Crippen LogP contribution is 2.24. The van der Waals surface area contributed by atoms with Crippen LogP contribution in [-0.2, 0) is 4.79 Å². The van der Waals surface area contributed by atoms with Crippen LogP contribution < -0.4 is 15.0 Å². The third-order valence-electron chi connectivity index (χ3n) is 5.20. The van der Waals surface area contributed by atoms with Gasteiger partial charge in [-0.05, 0) is 74.8 Å². The van der Waals surface area contributed by atoms with E-state index < -0.39 is 0 Å². The molecular weight excluding hydrogens is 338 g/mol. The van der Waals surface area contributed by atoms with Crippen LogP contribution in [0.1, 0.15) is 16.7 Å². The first-order valence-corrected chi connectivity index (χ1v) is 9.46. The molecule has 5 nitrogen and oxygen atoms in total. The topological polar surface area (TPSA) is 44.8 Å². The summed E-state index contributed by atoms with van der Waals surface area (Å²) in [5, 5.41) is 2.95. The first-order valence-electron chi connectivity index (χ1n) is 9.46. The number of ether oxygens (including phenoxy) is 1. The number of carbonyl (C=O) groups excluding carboxylic acids is 1. The minimum Gasteiger partial charge on any atom is -0.484 e. The Labute approximate surface area is 161 Å². The zero-order valence-electron chi connectivity index (χ0n) is 16.7. The Morgan fingerprint density at radius 1 is 0.963 bits per heavy atom. The molecule has 0 radical (unpaired) electrons. The van der Waals surface area contributed by atoms with Crippen LogP contribution in [0.2, 0.25) is 0 Å². The van der Waals surface area contributed by atoms with Gasteiger partial charge < -0.3 is 19.9 Å². The van der Waals surface area contributed by atoms with Crippen LogP contribution in [0.25, 0.3) is 0 Å². The van der Waals surface area contributed by atoms with Crippen molar-refractivity contribution in [1.29, 1.82) is 0 Å². The molecule has 1 aliphatic heterocycles. The predicted octanol–water partition coefficient (Wildman–Crippen LogP) is 3.38. The fourth-order valence-corrected chi connectivity index (χ4v) is 3.19. The molecule has 0 atom stereocenters. The van der Waals surface area contributed by atoms with Crippen LogP contribution in [0.4, 0.5) is 11.4 Å². The highest BCUT2D eigenvalue weighted by atomic mass is 16.5. The van der Waals surface area contributed by atoms with Gasteiger partial charge in [0, 0.05) is 37.6 Å². The number of amides is 1. The Morgan fingerprint density at radius 3 is 2.37 bits per heavy atom. The molecular formula is C22H29N3O2. The molecule has 1 heterocycles. The average molecular weight is 367 g/mol. The van der Waals surface area contributed by atoms with Crippen molar-refractivity contribution in [2.24, 2.45) is 0 Å². The maximum Gasteiger partial charge on any atom is 0.262 e. The zero-order valence-corrected chi connectivity index (χ0v) is 16.7. The Balaban J connectivity index is 1.56. The number of likely N-dealkylation sites (N-methyl/N-ethyl adjacent to an activating group) is 1. The summed E-state index contributed by atoms with van der Waals surface area (Å²) in [5.41, 5.74) is 5.48. The monoisotopic (exact) mass is 367 g/mol. The average Bonchev–Trinajstić information content (AvgIpc) is 2.65. The van der Waals surface area contributed by atoms with Crippen LogP contribution in [0.3, 0.4) is 0 Å².